The van der Waals surface area contributed by atoms with E-state index in [0.29, 0.717) is 17.9 Å². The maximum atomic E-state index is 2.54. The van der Waals surface area contributed by atoms with Gasteiger partial charge in [-0.1, -0.05) is 55.0 Å². The lowest BCUT2D eigenvalue weighted by molar-refractivity contribution is 0.194. The molecule has 4 rings (SSSR count). The minimum atomic E-state index is 0.558. The third kappa shape index (κ3) is 1.53. The first-order chi connectivity index (χ1) is 9.66. The standard InChI is InChI=1S/C19H21N/c1-12-8-9-16-17(10-12)19-13(2)18(16)15-7-5-4-6-14(15)11-20(19)3/h4-10,13,18-19H,11H2,1-3H3. The van der Waals surface area contributed by atoms with Crippen molar-refractivity contribution in [3.05, 3.63) is 70.3 Å². The molecule has 3 unspecified atom stereocenters. The Morgan fingerprint density at radius 3 is 2.65 bits per heavy atom. The molecule has 0 aromatic heterocycles. The molecule has 1 aliphatic heterocycles. The number of nitrogens with zero attached hydrogens (tertiary/aromatic N) is 1. The summed E-state index contributed by atoms with van der Waals surface area (Å²) in [4.78, 5) is 2.54. The Morgan fingerprint density at radius 1 is 1.00 bits per heavy atom. The van der Waals surface area contributed by atoms with Crippen LogP contribution in [0.4, 0.5) is 0 Å². The molecule has 3 atom stereocenters. The van der Waals surface area contributed by atoms with E-state index in [2.05, 4.69) is 68.3 Å². The van der Waals surface area contributed by atoms with E-state index in [1.54, 1.807) is 11.1 Å². The SMILES string of the molecule is Cc1ccc2c(c1)C1C(C)C2c2ccccc2CN1C. The molecule has 20 heavy (non-hydrogen) atoms. The van der Waals surface area contributed by atoms with Crippen LogP contribution in [0.25, 0.3) is 0 Å². The average molecular weight is 263 g/mol. The van der Waals surface area contributed by atoms with Gasteiger partial charge in [0.2, 0.25) is 0 Å². The van der Waals surface area contributed by atoms with Gasteiger partial charge in [0.15, 0.2) is 0 Å². The largest absolute Gasteiger partial charge is 0.295 e. The number of hydrogen-bond donors (Lipinski definition) is 0. The van der Waals surface area contributed by atoms with Crippen LogP contribution in [0.1, 0.15) is 46.7 Å². The molecular weight excluding hydrogens is 242 g/mol. The molecule has 0 N–H and O–H groups in total. The summed E-state index contributed by atoms with van der Waals surface area (Å²) in [6.45, 7) is 5.69. The van der Waals surface area contributed by atoms with Crippen LogP contribution in [0.5, 0.6) is 0 Å². The van der Waals surface area contributed by atoms with Gasteiger partial charge >= 0.3 is 0 Å². The van der Waals surface area contributed by atoms with Crippen molar-refractivity contribution in [1.82, 2.24) is 4.90 Å². The van der Waals surface area contributed by atoms with E-state index >= 15 is 0 Å². The molecule has 2 aromatic carbocycles. The van der Waals surface area contributed by atoms with Gasteiger partial charge in [-0.3, -0.25) is 4.90 Å². The minimum Gasteiger partial charge on any atom is -0.295 e. The van der Waals surface area contributed by atoms with Crippen molar-refractivity contribution in [2.24, 2.45) is 5.92 Å². The summed E-state index contributed by atoms with van der Waals surface area (Å²) in [7, 11) is 2.28. The molecule has 0 saturated heterocycles. The van der Waals surface area contributed by atoms with Crippen molar-refractivity contribution in [2.45, 2.75) is 32.4 Å². The molecule has 0 amide bonds. The first-order valence-electron chi connectivity index (χ1n) is 7.55. The zero-order chi connectivity index (χ0) is 13.9. The average Bonchev–Trinajstić information content (AvgIpc) is 2.64. The van der Waals surface area contributed by atoms with Gasteiger partial charge in [0.1, 0.15) is 0 Å². The summed E-state index contributed by atoms with van der Waals surface area (Å²) in [5, 5.41) is 0. The Morgan fingerprint density at radius 2 is 1.80 bits per heavy atom. The molecule has 1 nitrogen and oxygen atoms in total. The Bertz CT molecular complexity index is 673. The third-order valence-corrected chi connectivity index (χ3v) is 5.20. The van der Waals surface area contributed by atoms with E-state index in [4.69, 9.17) is 0 Å². The quantitative estimate of drug-likeness (QED) is 0.686. The minimum absolute atomic E-state index is 0.558. The molecule has 1 heteroatoms. The Balaban J connectivity index is 2.00. The number of hydrogen-bond acceptors (Lipinski definition) is 1. The predicted octanol–water partition coefficient (Wildman–Crippen LogP) is 4.26. The van der Waals surface area contributed by atoms with E-state index in [1.807, 2.05) is 0 Å². The van der Waals surface area contributed by atoms with Crippen molar-refractivity contribution in [3.63, 3.8) is 0 Å². The molecule has 0 radical (unpaired) electrons. The molecular formula is C19H21N. The summed E-state index contributed by atoms with van der Waals surface area (Å²) in [6, 6.07) is 16.6. The summed E-state index contributed by atoms with van der Waals surface area (Å²) in [5.74, 6) is 1.22. The van der Waals surface area contributed by atoms with E-state index in [-0.39, 0.29) is 0 Å². The van der Waals surface area contributed by atoms with Crippen molar-refractivity contribution in [2.75, 3.05) is 7.05 Å². The molecule has 1 heterocycles. The summed E-state index contributed by atoms with van der Waals surface area (Å²) >= 11 is 0. The number of rotatable bonds is 0. The topological polar surface area (TPSA) is 3.24 Å². The highest BCUT2D eigenvalue weighted by molar-refractivity contribution is 5.50. The first-order valence-corrected chi connectivity index (χ1v) is 7.55. The first kappa shape index (κ1) is 12.2. The van der Waals surface area contributed by atoms with Crippen LogP contribution in [-0.2, 0) is 6.54 Å². The van der Waals surface area contributed by atoms with Crippen molar-refractivity contribution in [1.29, 1.82) is 0 Å². The van der Waals surface area contributed by atoms with Gasteiger partial charge in [0.05, 0.1) is 0 Å². The van der Waals surface area contributed by atoms with Crippen LogP contribution >= 0.6 is 0 Å². The maximum Gasteiger partial charge on any atom is 0.0386 e. The summed E-state index contributed by atoms with van der Waals surface area (Å²) in [6.07, 6.45) is 0. The number of aryl methyl sites for hydroxylation is 1. The predicted molar refractivity (Wildman–Crippen MR) is 82.8 cm³/mol. The van der Waals surface area contributed by atoms with Crippen LogP contribution < -0.4 is 0 Å². The Kier molecular flexibility index (Phi) is 2.55. The molecule has 0 saturated carbocycles. The highest BCUT2D eigenvalue weighted by atomic mass is 15.1. The normalized spacial score (nSPS) is 27.9. The van der Waals surface area contributed by atoms with Gasteiger partial charge in [-0.2, -0.15) is 0 Å². The van der Waals surface area contributed by atoms with Gasteiger partial charge in [-0.05, 0) is 42.1 Å². The number of benzene rings is 2. The Hall–Kier alpha value is -1.60. The highest BCUT2D eigenvalue weighted by Crippen LogP contribution is 2.53. The second-order valence-electron chi connectivity index (χ2n) is 6.53. The fraction of sp³-hybridized carbons (Fsp3) is 0.368. The zero-order valence-electron chi connectivity index (χ0n) is 12.4. The second-order valence-corrected chi connectivity index (χ2v) is 6.53. The van der Waals surface area contributed by atoms with Crippen molar-refractivity contribution in [3.8, 4) is 0 Å². The van der Waals surface area contributed by atoms with Gasteiger partial charge in [0, 0.05) is 18.5 Å². The highest BCUT2D eigenvalue weighted by Gasteiger charge is 2.43. The molecule has 102 valence electrons. The molecule has 0 spiro atoms. The van der Waals surface area contributed by atoms with Crippen LogP contribution in [-0.4, -0.2) is 11.9 Å². The summed E-state index contributed by atoms with van der Waals surface area (Å²) < 4.78 is 0. The molecule has 0 fully saturated rings. The van der Waals surface area contributed by atoms with E-state index in [0.717, 1.165) is 6.54 Å². The lowest BCUT2D eigenvalue weighted by Crippen LogP contribution is -2.25. The van der Waals surface area contributed by atoms with Crippen molar-refractivity contribution >= 4 is 0 Å². The van der Waals surface area contributed by atoms with Crippen LogP contribution in [0, 0.1) is 12.8 Å². The van der Waals surface area contributed by atoms with Crippen LogP contribution in [0.2, 0.25) is 0 Å². The van der Waals surface area contributed by atoms with Crippen LogP contribution in [0.3, 0.4) is 0 Å². The second kappa shape index (κ2) is 4.20. The van der Waals surface area contributed by atoms with Gasteiger partial charge in [0.25, 0.3) is 0 Å². The fourth-order valence-corrected chi connectivity index (χ4v) is 4.42. The van der Waals surface area contributed by atoms with E-state index < -0.39 is 0 Å². The lowest BCUT2D eigenvalue weighted by atomic mass is 9.84. The monoisotopic (exact) mass is 263 g/mol. The van der Waals surface area contributed by atoms with Crippen LogP contribution in [0.15, 0.2) is 42.5 Å². The van der Waals surface area contributed by atoms with Gasteiger partial charge < -0.3 is 0 Å². The van der Waals surface area contributed by atoms with E-state index in [9.17, 15) is 0 Å². The smallest absolute Gasteiger partial charge is 0.0386 e. The summed E-state index contributed by atoms with van der Waals surface area (Å²) in [5.41, 5.74) is 7.52. The third-order valence-electron chi connectivity index (χ3n) is 5.20. The lowest BCUT2D eigenvalue weighted by Gasteiger charge is -2.27. The molecule has 2 aromatic rings. The fourth-order valence-electron chi connectivity index (χ4n) is 4.42. The van der Waals surface area contributed by atoms with Gasteiger partial charge in [-0.25, -0.2) is 0 Å². The molecule has 2 bridgehead atoms. The number of fused-ring (bicyclic) bond motifs is 7. The molecule has 1 aliphatic carbocycles. The Labute approximate surface area is 121 Å². The molecule has 2 aliphatic rings. The maximum absolute atomic E-state index is 2.54. The zero-order valence-corrected chi connectivity index (χ0v) is 12.4. The van der Waals surface area contributed by atoms with Gasteiger partial charge in [-0.15, -0.1) is 0 Å². The van der Waals surface area contributed by atoms with Crippen molar-refractivity contribution < 1.29 is 0 Å². The van der Waals surface area contributed by atoms with E-state index in [1.165, 1.54) is 16.7 Å².